The second kappa shape index (κ2) is 6.25. The van der Waals surface area contributed by atoms with Gasteiger partial charge in [-0.2, -0.15) is 0 Å². The average molecular weight is 326 g/mol. The molecule has 0 spiro atoms. The van der Waals surface area contributed by atoms with Crippen molar-refractivity contribution < 1.29 is 4.74 Å². The van der Waals surface area contributed by atoms with E-state index < -0.39 is 0 Å². The Kier molecular flexibility index (Phi) is 4.66. The molecular weight excluding hydrogens is 310 g/mol. The third-order valence-electron chi connectivity index (χ3n) is 2.35. The van der Waals surface area contributed by atoms with E-state index in [1.165, 1.54) is 5.56 Å². The number of hydrogen-bond donors (Lipinski definition) is 1. The first-order valence-electron chi connectivity index (χ1n) is 5.87. The van der Waals surface area contributed by atoms with Gasteiger partial charge in [-0.15, -0.1) is 11.3 Å². The van der Waals surface area contributed by atoms with Crippen molar-refractivity contribution in [2.45, 2.75) is 26.5 Å². The lowest BCUT2D eigenvalue weighted by Gasteiger charge is -2.15. The Morgan fingerprint density at radius 1 is 1.33 bits per heavy atom. The summed E-state index contributed by atoms with van der Waals surface area (Å²) in [5.41, 5.74) is 2.31. The highest BCUT2D eigenvalue weighted by atomic mass is 79.9. The Hall–Kier alpha value is -1.00. The lowest BCUT2D eigenvalue weighted by Crippen LogP contribution is -2.08. The van der Waals surface area contributed by atoms with Gasteiger partial charge in [-0.3, -0.25) is 0 Å². The Balaban J connectivity index is 2.04. The molecule has 96 valence electrons. The molecule has 1 N–H and O–H groups in total. The molecule has 0 atom stereocenters. The van der Waals surface area contributed by atoms with Crippen molar-refractivity contribution in [3.8, 4) is 5.75 Å². The molecule has 1 heterocycles. The van der Waals surface area contributed by atoms with Crippen LogP contribution in [0.15, 0.2) is 39.5 Å². The van der Waals surface area contributed by atoms with E-state index in [1.807, 2.05) is 38.1 Å². The van der Waals surface area contributed by atoms with Gasteiger partial charge in [-0.05, 0) is 58.9 Å². The number of benzene rings is 1. The average Bonchev–Trinajstić information content (AvgIpc) is 2.73. The van der Waals surface area contributed by atoms with E-state index in [0.29, 0.717) is 0 Å². The van der Waals surface area contributed by atoms with E-state index in [2.05, 4.69) is 32.7 Å². The number of ether oxygens (including phenoxy) is 1. The van der Waals surface area contributed by atoms with Gasteiger partial charge in [0.15, 0.2) is 0 Å². The third kappa shape index (κ3) is 3.75. The Morgan fingerprint density at radius 2 is 2.11 bits per heavy atom. The first-order valence-corrected chi connectivity index (χ1v) is 7.55. The maximum Gasteiger partial charge on any atom is 0.142 e. The number of halogens is 1. The zero-order valence-electron chi connectivity index (χ0n) is 10.4. The molecule has 0 aliphatic rings. The highest BCUT2D eigenvalue weighted by Crippen LogP contribution is 2.26. The van der Waals surface area contributed by atoms with Crippen LogP contribution in [-0.4, -0.2) is 6.10 Å². The molecule has 4 heteroatoms. The SMILES string of the molecule is CC(C)Oc1ccccc1NCc1csc(Br)c1. The topological polar surface area (TPSA) is 21.3 Å². The zero-order chi connectivity index (χ0) is 13.0. The number of rotatable bonds is 5. The smallest absolute Gasteiger partial charge is 0.142 e. The summed E-state index contributed by atoms with van der Waals surface area (Å²) in [6.45, 7) is 4.88. The molecule has 0 radical (unpaired) electrons. The molecule has 2 rings (SSSR count). The lowest BCUT2D eigenvalue weighted by molar-refractivity contribution is 0.243. The Morgan fingerprint density at radius 3 is 2.78 bits per heavy atom. The van der Waals surface area contributed by atoms with Gasteiger partial charge in [0.05, 0.1) is 15.6 Å². The maximum atomic E-state index is 5.77. The van der Waals surface area contributed by atoms with Crippen molar-refractivity contribution in [2.24, 2.45) is 0 Å². The largest absolute Gasteiger partial charge is 0.489 e. The molecule has 0 aliphatic carbocycles. The minimum atomic E-state index is 0.184. The fourth-order valence-electron chi connectivity index (χ4n) is 1.61. The number of hydrogen-bond acceptors (Lipinski definition) is 3. The van der Waals surface area contributed by atoms with Gasteiger partial charge in [-0.25, -0.2) is 0 Å². The Labute approximate surface area is 120 Å². The van der Waals surface area contributed by atoms with Crippen LogP contribution in [0.5, 0.6) is 5.75 Å². The summed E-state index contributed by atoms with van der Waals surface area (Å²) in [5.74, 6) is 0.904. The standard InChI is InChI=1S/C14H16BrNOS/c1-10(2)17-13-6-4-3-5-12(13)16-8-11-7-14(15)18-9-11/h3-7,9-10,16H,8H2,1-2H3. The molecule has 0 saturated carbocycles. The molecule has 0 unspecified atom stereocenters. The summed E-state index contributed by atoms with van der Waals surface area (Å²) in [5, 5.41) is 5.55. The van der Waals surface area contributed by atoms with Crippen molar-refractivity contribution in [1.29, 1.82) is 0 Å². The quantitative estimate of drug-likeness (QED) is 0.843. The molecule has 18 heavy (non-hydrogen) atoms. The number of anilines is 1. The van der Waals surface area contributed by atoms with Crippen LogP contribution in [-0.2, 0) is 6.54 Å². The third-order valence-corrected chi connectivity index (χ3v) is 3.91. The molecule has 0 fully saturated rings. The monoisotopic (exact) mass is 325 g/mol. The summed E-state index contributed by atoms with van der Waals surface area (Å²) < 4.78 is 6.93. The van der Waals surface area contributed by atoms with Gasteiger partial charge in [0.1, 0.15) is 5.75 Å². The number of para-hydroxylation sites is 2. The van der Waals surface area contributed by atoms with E-state index in [0.717, 1.165) is 21.8 Å². The zero-order valence-corrected chi connectivity index (χ0v) is 12.8. The molecule has 2 nitrogen and oxygen atoms in total. The van der Waals surface area contributed by atoms with Crippen LogP contribution < -0.4 is 10.1 Å². The van der Waals surface area contributed by atoms with Crippen molar-refractivity contribution in [1.82, 2.24) is 0 Å². The van der Waals surface area contributed by atoms with Crippen LogP contribution in [0.25, 0.3) is 0 Å². The van der Waals surface area contributed by atoms with Crippen LogP contribution in [0.3, 0.4) is 0 Å². The summed E-state index contributed by atoms with van der Waals surface area (Å²) in [6.07, 6.45) is 0.184. The lowest BCUT2D eigenvalue weighted by atomic mass is 10.2. The second-order valence-electron chi connectivity index (χ2n) is 4.28. The van der Waals surface area contributed by atoms with Crippen molar-refractivity contribution >= 4 is 33.0 Å². The van der Waals surface area contributed by atoms with Crippen LogP contribution in [0.2, 0.25) is 0 Å². The second-order valence-corrected chi connectivity index (χ2v) is 6.57. The highest BCUT2D eigenvalue weighted by molar-refractivity contribution is 9.11. The predicted octanol–water partition coefficient (Wildman–Crippen LogP) is 4.91. The fourth-order valence-corrected chi connectivity index (χ4v) is 2.81. The molecule has 1 aromatic heterocycles. The molecule has 0 aliphatic heterocycles. The summed E-state index contributed by atoms with van der Waals surface area (Å²) in [6, 6.07) is 10.2. The fraction of sp³-hybridized carbons (Fsp3) is 0.286. The van der Waals surface area contributed by atoms with E-state index in [9.17, 15) is 0 Å². The molecule has 0 amide bonds. The van der Waals surface area contributed by atoms with Crippen LogP contribution in [0.4, 0.5) is 5.69 Å². The van der Waals surface area contributed by atoms with Crippen LogP contribution in [0, 0.1) is 0 Å². The maximum absolute atomic E-state index is 5.77. The van der Waals surface area contributed by atoms with Gasteiger partial charge < -0.3 is 10.1 Å². The van der Waals surface area contributed by atoms with Crippen LogP contribution >= 0.6 is 27.3 Å². The molecule has 0 saturated heterocycles. The minimum Gasteiger partial charge on any atom is -0.489 e. The molecule has 0 bridgehead atoms. The van der Waals surface area contributed by atoms with Gasteiger partial charge in [-0.1, -0.05) is 12.1 Å². The molecule has 1 aromatic carbocycles. The van der Waals surface area contributed by atoms with E-state index >= 15 is 0 Å². The summed E-state index contributed by atoms with van der Waals surface area (Å²) >= 11 is 5.17. The highest BCUT2D eigenvalue weighted by Gasteiger charge is 2.05. The predicted molar refractivity (Wildman–Crippen MR) is 81.6 cm³/mol. The molecular formula is C14H16BrNOS. The van der Waals surface area contributed by atoms with E-state index in [-0.39, 0.29) is 6.10 Å². The number of thiophene rings is 1. The van der Waals surface area contributed by atoms with E-state index in [1.54, 1.807) is 11.3 Å². The van der Waals surface area contributed by atoms with Gasteiger partial charge >= 0.3 is 0 Å². The minimum absolute atomic E-state index is 0.184. The van der Waals surface area contributed by atoms with Crippen molar-refractivity contribution in [3.05, 3.63) is 45.1 Å². The van der Waals surface area contributed by atoms with Crippen molar-refractivity contribution in [2.75, 3.05) is 5.32 Å². The summed E-state index contributed by atoms with van der Waals surface area (Å²) in [4.78, 5) is 0. The van der Waals surface area contributed by atoms with Gasteiger partial charge in [0, 0.05) is 6.54 Å². The Bertz CT molecular complexity index is 510. The van der Waals surface area contributed by atoms with Crippen molar-refractivity contribution in [3.63, 3.8) is 0 Å². The number of nitrogens with one attached hydrogen (secondary N) is 1. The first kappa shape index (κ1) is 13.4. The van der Waals surface area contributed by atoms with Crippen LogP contribution in [0.1, 0.15) is 19.4 Å². The van der Waals surface area contributed by atoms with Gasteiger partial charge in [0.25, 0.3) is 0 Å². The summed E-state index contributed by atoms with van der Waals surface area (Å²) in [7, 11) is 0. The first-order chi connectivity index (χ1) is 8.65. The van der Waals surface area contributed by atoms with Gasteiger partial charge in [0.2, 0.25) is 0 Å². The normalized spacial score (nSPS) is 10.7. The van der Waals surface area contributed by atoms with E-state index in [4.69, 9.17) is 4.74 Å². The molecule has 2 aromatic rings.